The summed E-state index contributed by atoms with van der Waals surface area (Å²) in [6.45, 7) is 0. The Morgan fingerprint density at radius 3 is 1.71 bits per heavy atom. The molecule has 2 heterocycles. The highest BCUT2D eigenvalue weighted by Gasteiger charge is 2.21. The van der Waals surface area contributed by atoms with Gasteiger partial charge in [-0.2, -0.15) is 0 Å². The van der Waals surface area contributed by atoms with Crippen LogP contribution >= 0.6 is 0 Å². The van der Waals surface area contributed by atoms with E-state index in [1.807, 2.05) is 149 Å². The highest BCUT2D eigenvalue weighted by atomic mass is 16.3. The zero-order valence-corrected chi connectivity index (χ0v) is 29.6. The van der Waals surface area contributed by atoms with Gasteiger partial charge in [-0.1, -0.05) is 140 Å². The van der Waals surface area contributed by atoms with Crippen molar-refractivity contribution in [3.05, 3.63) is 206 Å². The monoisotopic (exact) mass is 706 g/mol. The molecule has 0 bridgehead atoms. The minimum absolute atomic E-state index is 0.132. The molecule has 0 aliphatic carbocycles. The predicted octanol–water partition coefficient (Wildman–Crippen LogP) is 14.6. The second kappa shape index (κ2) is 12.6. The van der Waals surface area contributed by atoms with E-state index in [4.69, 9.17) is 4.42 Å². The van der Waals surface area contributed by atoms with Crippen LogP contribution in [0.4, 0.5) is 17.1 Å². The van der Waals surface area contributed by atoms with E-state index in [2.05, 4.69) is 42.5 Å². The lowest BCUT2D eigenvalue weighted by atomic mass is 9.93. The van der Waals surface area contributed by atoms with E-state index >= 15 is 0 Å². The molecule has 9 aromatic carbocycles. The van der Waals surface area contributed by atoms with Crippen LogP contribution in [0.2, 0.25) is 0 Å². The summed E-state index contributed by atoms with van der Waals surface area (Å²) in [6.07, 6.45) is 0. The highest BCUT2D eigenvalue weighted by molar-refractivity contribution is 6.20. The summed E-state index contributed by atoms with van der Waals surface area (Å²) < 4.78 is 47.4. The molecule has 0 aliphatic rings. The third-order valence-electron chi connectivity index (χ3n) is 10.7. The van der Waals surface area contributed by atoms with Crippen LogP contribution in [0.15, 0.2) is 211 Å². The Morgan fingerprint density at radius 2 is 0.982 bits per heavy atom. The third kappa shape index (κ3) is 5.05. The molecule has 0 fully saturated rings. The molecule has 0 amide bonds. The normalized spacial score (nSPS) is 12.7. The van der Waals surface area contributed by atoms with Crippen LogP contribution in [-0.4, -0.2) is 4.57 Å². The molecule has 11 aromatic rings. The maximum Gasteiger partial charge on any atom is 0.143 e. The van der Waals surface area contributed by atoms with Gasteiger partial charge in [0.1, 0.15) is 11.2 Å². The number of anilines is 3. The van der Waals surface area contributed by atoms with Gasteiger partial charge in [0, 0.05) is 49.6 Å². The predicted molar refractivity (Wildman–Crippen MR) is 231 cm³/mol. The van der Waals surface area contributed by atoms with E-state index in [9.17, 15) is 5.48 Å². The molecule has 0 spiro atoms. The highest BCUT2D eigenvalue weighted by Crippen LogP contribution is 2.46. The smallest absolute Gasteiger partial charge is 0.143 e. The van der Waals surface area contributed by atoms with Crippen molar-refractivity contribution in [3.8, 4) is 27.9 Å². The summed E-state index contributed by atoms with van der Waals surface area (Å²) in [5.41, 5.74) is 8.94. The first-order valence-electron chi connectivity index (χ1n) is 20.4. The van der Waals surface area contributed by atoms with Crippen molar-refractivity contribution in [2.24, 2.45) is 0 Å². The lowest BCUT2D eigenvalue weighted by Crippen LogP contribution is -2.11. The molecule has 0 saturated heterocycles. The average Bonchev–Trinajstić information content (AvgIpc) is 3.84. The SMILES string of the molecule is [2H]c1c([2H])c(-n2c3ccccc3c3ccccc32)c([2H])c([2H])c1N(c1ccc(-c2ccccc2)cc1)c1ccccc1-c1cc2c3ccccc3oc2c2ccccc12. The molecule has 0 unspecified atom stereocenters. The number of furan rings is 1. The van der Waals surface area contributed by atoms with Gasteiger partial charge in [0.2, 0.25) is 0 Å². The zero-order chi connectivity index (χ0) is 39.8. The summed E-state index contributed by atoms with van der Waals surface area (Å²) in [5.74, 6) is 0. The van der Waals surface area contributed by atoms with E-state index in [-0.39, 0.29) is 35.5 Å². The first-order valence-corrected chi connectivity index (χ1v) is 18.4. The van der Waals surface area contributed by atoms with Gasteiger partial charge in [0.15, 0.2) is 0 Å². The second-order valence-electron chi connectivity index (χ2n) is 13.8. The third-order valence-corrected chi connectivity index (χ3v) is 10.7. The van der Waals surface area contributed by atoms with E-state index in [0.717, 1.165) is 76.8 Å². The fraction of sp³-hybridized carbons (Fsp3) is 0. The second-order valence-corrected chi connectivity index (χ2v) is 13.8. The molecule has 258 valence electrons. The van der Waals surface area contributed by atoms with Crippen molar-refractivity contribution < 1.29 is 9.90 Å². The van der Waals surface area contributed by atoms with E-state index in [1.54, 1.807) is 0 Å². The lowest BCUT2D eigenvalue weighted by Gasteiger charge is -2.28. The number of hydrogen-bond donors (Lipinski definition) is 0. The lowest BCUT2D eigenvalue weighted by molar-refractivity contribution is 0.672. The molecule has 3 nitrogen and oxygen atoms in total. The molecular formula is C52H34N2O. The number of para-hydroxylation sites is 4. The van der Waals surface area contributed by atoms with Crippen molar-refractivity contribution in [2.45, 2.75) is 0 Å². The van der Waals surface area contributed by atoms with Crippen LogP contribution in [0.3, 0.4) is 0 Å². The molecule has 0 atom stereocenters. The van der Waals surface area contributed by atoms with Crippen LogP contribution in [0.1, 0.15) is 5.48 Å². The van der Waals surface area contributed by atoms with Gasteiger partial charge >= 0.3 is 0 Å². The molecule has 0 saturated carbocycles. The fourth-order valence-corrected chi connectivity index (χ4v) is 8.17. The van der Waals surface area contributed by atoms with Crippen molar-refractivity contribution >= 4 is 71.6 Å². The average molecular weight is 707 g/mol. The van der Waals surface area contributed by atoms with Crippen molar-refractivity contribution in [1.82, 2.24) is 4.57 Å². The topological polar surface area (TPSA) is 21.3 Å². The van der Waals surface area contributed by atoms with Crippen LogP contribution in [0, 0.1) is 0 Å². The number of hydrogen-bond acceptors (Lipinski definition) is 2. The first-order chi connectivity index (χ1) is 29.0. The maximum absolute atomic E-state index is 9.82. The van der Waals surface area contributed by atoms with Gasteiger partial charge in [-0.3, -0.25) is 0 Å². The molecule has 2 aromatic heterocycles. The van der Waals surface area contributed by atoms with Crippen LogP contribution < -0.4 is 4.90 Å². The summed E-state index contributed by atoms with van der Waals surface area (Å²) in [5, 5.41) is 5.93. The number of benzene rings is 9. The molecule has 0 radical (unpaired) electrons. The summed E-state index contributed by atoms with van der Waals surface area (Å²) in [7, 11) is 0. The quantitative estimate of drug-likeness (QED) is 0.172. The van der Waals surface area contributed by atoms with Crippen LogP contribution in [0.5, 0.6) is 0 Å². The molecule has 0 N–H and O–H groups in total. The van der Waals surface area contributed by atoms with Gasteiger partial charge in [0.25, 0.3) is 0 Å². The van der Waals surface area contributed by atoms with Crippen LogP contribution in [0.25, 0.3) is 82.5 Å². The van der Waals surface area contributed by atoms with Crippen molar-refractivity contribution in [1.29, 1.82) is 0 Å². The Labute approximate surface area is 324 Å². The fourth-order valence-electron chi connectivity index (χ4n) is 8.17. The summed E-state index contributed by atoms with van der Waals surface area (Å²) in [4.78, 5) is 1.90. The molecular weight excluding hydrogens is 669 g/mol. The van der Waals surface area contributed by atoms with E-state index in [1.165, 1.54) is 0 Å². The van der Waals surface area contributed by atoms with Crippen molar-refractivity contribution in [2.75, 3.05) is 4.90 Å². The number of fused-ring (bicyclic) bond motifs is 8. The number of rotatable bonds is 6. The molecule has 55 heavy (non-hydrogen) atoms. The Hall–Kier alpha value is -7.36. The Balaban J connectivity index is 1.19. The maximum atomic E-state index is 9.82. The minimum Gasteiger partial charge on any atom is -0.455 e. The summed E-state index contributed by atoms with van der Waals surface area (Å²) in [6, 6.07) is 60.0. The Kier molecular flexibility index (Phi) is 6.27. The largest absolute Gasteiger partial charge is 0.455 e. The van der Waals surface area contributed by atoms with E-state index < -0.39 is 0 Å². The van der Waals surface area contributed by atoms with Crippen molar-refractivity contribution in [3.63, 3.8) is 0 Å². The number of aromatic nitrogens is 1. The van der Waals surface area contributed by atoms with Crippen LogP contribution in [-0.2, 0) is 0 Å². The van der Waals surface area contributed by atoms with Gasteiger partial charge in [-0.05, 0) is 88.7 Å². The molecule has 0 aliphatic heterocycles. The Morgan fingerprint density at radius 1 is 0.418 bits per heavy atom. The van der Waals surface area contributed by atoms with Gasteiger partial charge < -0.3 is 13.9 Å². The van der Waals surface area contributed by atoms with Gasteiger partial charge in [-0.25, -0.2) is 0 Å². The molecule has 11 rings (SSSR count). The molecule has 3 heteroatoms. The van der Waals surface area contributed by atoms with Gasteiger partial charge in [0.05, 0.1) is 22.2 Å². The first kappa shape index (κ1) is 27.3. The van der Waals surface area contributed by atoms with E-state index in [0.29, 0.717) is 11.4 Å². The number of nitrogens with zero attached hydrogens (tertiary/aromatic N) is 2. The van der Waals surface area contributed by atoms with Gasteiger partial charge in [-0.15, -0.1) is 0 Å². The minimum atomic E-state index is -0.147. The summed E-state index contributed by atoms with van der Waals surface area (Å²) >= 11 is 0. The standard InChI is InChI=1S/C52H34N2O/c1-2-14-35(15-3-1)36-26-28-37(29-27-36)53(38-30-32-39(33-31-38)54-49-23-11-6-17-41(49)42-18-7-12-24-50(42)54)48-22-10-8-19-43(48)46-34-47-44-20-9-13-25-51(44)55-52(47)45-21-5-4-16-40(45)46/h1-34H/i30D,31D,32D,33D. The zero-order valence-electron chi connectivity index (χ0n) is 33.6. The Bertz CT molecular complexity index is 3360.